The van der Waals surface area contributed by atoms with Crippen LogP contribution in [0, 0.1) is 0 Å². The molecule has 0 aliphatic rings. The van der Waals surface area contributed by atoms with Crippen LogP contribution in [0.4, 0.5) is 0 Å². The van der Waals surface area contributed by atoms with Crippen molar-refractivity contribution >= 4 is 98.7 Å². The molecule has 216 valence electrons. The van der Waals surface area contributed by atoms with Gasteiger partial charge in [0.15, 0.2) is 33.5 Å². The first-order valence-corrected chi connectivity index (χ1v) is 12.3. The normalized spacial score (nSPS) is 12.8. The fourth-order valence-corrected chi connectivity index (χ4v) is 6.20. The lowest BCUT2D eigenvalue weighted by atomic mass is 9.87. The lowest BCUT2D eigenvalue weighted by molar-refractivity contribution is 0.441. The zero-order valence-corrected chi connectivity index (χ0v) is 20.8. The van der Waals surface area contributed by atoms with Gasteiger partial charge in [0, 0.05) is 32.3 Å². The third-order valence-electron chi connectivity index (χ3n) is 7.71. The van der Waals surface area contributed by atoms with Crippen molar-refractivity contribution in [2.45, 2.75) is 0 Å². The van der Waals surface area contributed by atoms with Gasteiger partial charge in [-0.25, -0.2) is 43.2 Å². The molecule has 18 nitrogen and oxygen atoms in total. The molecule has 0 atom stereocenters. The molecule has 0 bridgehead atoms. The maximum Gasteiger partial charge on any atom is 0.423 e. The van der Waals surface area contributed by atoms with E-state index in [-0.39, 0.29) is 32.3 Å². The van der Waals surface area contributed by atoms with E-state index in [9.17, 15) is 43.2 Å². The van der Waals surface area contributed by atoms with Crippen molar-refractivity contribution in [1.29, 1.82) is 0 Å². The van der Waals surface area contributed by atoms with E-state index in [4.69, 9.17) is 39.8 Å². The summed E-state index contributed by atoms with van der Waals surface area (Å²) >= 11 is 0. The van der Waals surface area contributed by atoms with Gasteiger partial charge in [0.05, 0.1) is 0 Å². The largest absolute Gasteiger partial charge is 0.423 e. The molecule has 18 heteroatoms. The van der Waals surface area contributed by atoms with Gasteiger partial charge in [-0.15, -0.1) is 0 Å². The van der Waals surface area contributed by atoms with E-state index in [1.165, 1.54) is 0 Å². The van der Waals surface area contributed by atoms with Gasteiger partial charge in [-0.2, -0.15) is 0 Å². The van der Waals surface area contributed by atoms with Crippen LogP contribution in [-0.4, -0.2) is 0 Å². The summed E-state index contributed by atoms with van der Waals surface area (Å²) in [5, 5.41) is -3.06. The number of rotatable bonds is 0. The van der Waals surface area contributed by atoms with Crippen LogP contribution in [0.25, 0.3) is 98.7 Å². The fraction of sp³-hybridized carbons (Fsp3) is 0. The molecule has 0 spiro atoms. The summed E-state index contributed by atoms with van der Waals surface area (Å²) in [6.45, 7) is 0. The number of fused-ring (bicyclic) bond motifs is 9. The topological polar surface area (TPSA) is 272 Å². The second-order valence-electron chi connectivity index (χ2n) is 9.84. The first-order chi connectivity index (χ1) is 21.5. The van der Waals surface area contributed by atoms with Crippen LogP contribution in [0.15, 0.2) is 82.9 Å². The summed E-state index contributed by atoms with van der Waals surface area (Å²) in [4.78, 5) is 114. The van der Waals surface area contributed by atoms with Crippen molar-refractivity contribution in [3.63, 3.8) is 0 Å². The Morgan fingerprint density at radius 2 is 0.356 bits per heavy atom. The Kier molecular flexibility index (Phi) is 3.60. The molecule has 6 aromatic heterocycles. The molecular weight excluding hydrogens is 612 g/mol. The average Bonchev–Trinajstić information content (AvgIpc) is 2.99. The summed E-state index contributed by atoms with van der Waals surface area (Å²) in [5.74, 6) is 0. The fourth-order valence-electron chi connectivity index (χ4n) is 6.20. The van der Waals surface area contributed by atoms with E-state index in [2.05, 4.69) is 0 Å². The van der Waals surface area contributed by atoms with Crippen LogP contribution in [0.3, 0.4) is 0 Å². The molecule has 0 aliphatic carbocycles. The molecule has 0 aliphatic heterocycles. The van der Waals surface area contributed by atoms with Gasteiger partial charge in [0.1, 0.15) is 16.2 Å². The Balaban J connectivity index is 1.78. The highest BCUT2D eigenvalue weighted by molar-refractivity contribution is 6.49. The van der Waals surface area contributed by atoms with Gasteiger partial charge < -0.3 is 39.8 Å². The van der Waals surface area contributed by atoms with Gasteiger partial charge in [-0.05, 0) is 0 Å². The van der Waals surface area contributed by atoms with Crippen LogP contribution >= 0.6 is 0 Å². The Morgan fingerprint density at radius 1 is 0.178 bits per heavy atom. The predicted octanol–water partition coefficient (Wildman–Crippen LogP) is 0.958. The molecular formula is C27O18. The molecule has 0 saturated heterocycles. The summed E-state index contributed by atoms with van der Waals surface area (Å²) in [6, 6.07) is 0. The number of hydrogen-bond acceptors (Lipinski definition) is 18. The maximum atomic E-state index is 13.6. The van der Waals surface area contributed by atoms with E-state index in [1.54, 1.807) is 0 Å². The molecule has 4 aromatic carbocycles. The van der Waals surface area contributed by atoms with Gasteiger partial charge in [-0.3, -0.25) is 0 Å². The summed E-state index contributed by atoms with van der Waals surface area (Å²) in [6.07, 6.45) is 0. The summed E-state index contributed by atoms with van der Waals surface area (Å²) < 4.78 is 47.1. The standard InChI is InChI=1S/C27O18/c28-19-7-1-4-2-6-3-5(1)11(37-19)17-14(41-23(32)26(35)44-17)8(3)21(30)39-12(6)18-15(42-24(33)27(36)45-18)9(2)20(29)38-10(4)16-13(7)40-22(31)25(34)43-16. The second kappa shape index (κ2) is 6.92. The first-order valence-electron chi connectivity index (χ1n) is 12.3. The Hall–Kier alpha value is -7.11. The molecule has 10 rings (SSSR count). The van der Waals surface area contributed by atoms with Crippen molar-refractivity contribution in [3.05, 3.63) is 93.8 Å². The highest BCUT2D eigenvalue weighted by atomic mass is 16.5. The molecule has 0 amide bonds. The molecule has 0 radical (unpaired) electrons. The van der Waals surface area contributed by atoms with Crippen molar-refractivity contribution in [3.8, 4) is 0 Å². The van der Waals surface area contributed by atoms with Crippen molar-refractivity contribution in [2.75, 3.05) is 0 Å². The molecule has 10 aromatic rings. The second-order valence-corrected chi connectivity index (χ2v) is 9.84. The lowest BCUT2D eigenvalue weighted by Gasteiger charge is -2.18. The van der Waals surface area contributed by atoms with E-state index >= 15 is 0 Å². The molecule has 0 fully saturated rings. The lowest BCUT2D eigenvalue weighted by Crippen LogP contribution is -2.23. The third-order valence-corrected chi connectivity index (χ3v) is 7.71. The van der Waals surface area contributed by atoms with Crippen LogP contribution in [0.5, 0.6) is 0 Å². The van der Waals surface area contributed by atoms with E-state index < -0.39 is 117 Å². The smallest absolute Gasteiger partial charge is 0.418 e. The van der Waals surface area contributed by atoms with Crippen molar-refractivity contribution in [2.24, 2.45) is 0 Å². The van der Waals surface area contributed by atoms with Crippen LogP contribution in [0.2, 0.25) is 0 Å². The van der Waals surface area contributed by atoms with E-state index in [0.29, 0.717) is 0 Å². The van der Waals surface area contributed by atoms with Gasteiger partial charge in [0.25, 0.3) is 0 Å². The minimum absolute atomic E-state index is 0.218. The Bertz CT molecular complexity index is 3210. The zero-order chi connectivity index (χ0) is 31.0. The van der Waals surface area contributed by atoms with Gasteiger partial charge >= 0.3 is 50.6 Å². The highest BCUT2D eigenvalue weighted by Gasteiger charge is 2.36. The van der Waals surface area contributed by atoms with E-state index in [1.807, 2.05) is 0 Å². The minimum Gasteiger partial charge on any atom is -0.418 e. The van der Waals surface area contributed by atoms with Gasteiger partial charge in [-0.1, -0.05) is 0 Å². The number of benzene rings is 4. The predicted molar refractivity (Wildman–Crippen MR) is 144 cm³/mol. The number of hydrogen-bond donors (Lipinski definition) is 0. The minimum atomic E-state index is -1.55. The zero-order valence-electron chi connectivity index (χ0n) is 20.8. The van der Waals surface area contributed by atoms with Crippen LogP contribution < -0.4 is 50.6 Å². The monoisotopic (exact) mass is 612 g/mol. The SMILES string of the molecule is O=c1oc2c(oc1=O)c1c(=O)oc3c4oc(=O)c(=O)oc4c4c(=O)oc5c6oc(=O)c(=O)oc6c6c(=O)oc2c2c1c3c4c5c62. The molecule has 6 heterocycles. The maximum absolute atomic E-state index is 13.6. The van der Waals surface area contributed by atoms with Crippen LogP contribution in [-0.2, 0) is 0 Å². The average molecular weight is 612 g/mol. The molecule has 45 heavy (non-hydrogen) atoms. The van der Waals surface area contributed by atoms with Crippen LogP contribution in [0.1, 0.15) is 0 Å². The van der Waals surface area contributed by atoms with Crippen molar-refractivity contribution < 1.29 is 39.8 Å². The van der Waals surface area contributed by atoms with Crippen molar-refractivity contribution in [1.82, 2.24) is 0 Å². The molecule has 0 saturated carbocycles. The summed E-state index contributed by atoms with van der Waals surface area (Å²) in [5.41, 5.74) is -18.9. The summed E-state index contributed by atoms with van der Waals surface area (Å²) in [7, 11) is 0. The molecule has 0 unspecified atom stereocenters. The third kappa shape index (κ3) is 2.40. The molecule has 0 N–H and O–H groups in total. The highest BCUT2D eigenvalue weighted by Crippen LogP contribution is 2.51. The Morgan fingerprint density at radius 3 is 0.600 bits per heavy atom. The first kappa shape index (κ1) is 23.5. The Labute approximate surface area is 232 Å². The van der Waals surface area contributed by atoms with Gasteiger partial charge in [0.2, 0.25) is 16.7 Å². The van der Waals surface area contributed by atoms with E-state index in [0.717, 1.165) is 0 Å². The quantitative estimate of drug-likeness (QED) is 0.0997.